The second kappa shape index (κ2) is 6.51. The van der Waals surface area contributed by atoms with Crippen LogP contribution >= 0.6 is 0 Å². The fraction of sp³-hybridized carbons (Fsp3) is 0.706. The predicted octanol–water partition coefficient (Wildman–Crippen LogP) is 3.31. The first kappa shape index (κ1) is 16.5. The molecule has 5 nitrogen and oxygen atoms in total. The number of carbonyl (C=O) groups excluding carboxylic acids is 1. The van der Waals surface area contributed by atoms with E-state index >= 15 is 0 Å². The molecule has 1 aromatic rings. The Labute approximate surface area is 132 Å². The van der Waals surface area contributed by atoms with Crippen molar-refractivity contribution in [3.63, 3.8) is 0 Å². The normalized spacial score (nSPS) is 18.8. The maximum absolute atomic E-state index is 12.1. The third kappa shape index (κ3) is 3.88. The van der Waals surface area contributed by atoms with Gasteiger partial charge in [0.2, 0.25) is 0 Å². The molecular weight excluding hydrogens is 278 g/mol. The first-order valence-corrected chi connectivity index (χ1v) is 8.00. The minimum Gasteiger partial charge on any atom is -0.455 e. The maximum atomic E-state index is 12.1. The predicted molar refractivity (Wildman–Crippen MR) is 84.3 cm³/mol. The molecule has 1 aliphatic rings. The first-order valence-electron chi connectivity index (χ1n) is 8.00. The zero-order valence-corrected chi connectivity index (χ0v) is 13.8. The molecule has 0 unspecified atom stereocenters. The van der Waals surface area contributed by atoms with Crippen LogP contribution in [0.25, 0.3) is 0 Å². The summed E-state index contributed by atoms with van der Waals surface area (Å²) in [7, 11) is 0. The molecule has 1 saturated carbocycles. The van der Waals surface area contributed by atoms with Gasteiger partial charge in [-0.15, -0.1) is 11.5 Å². The Morgan fingerprint density at radius 2 is 1.86 bits per heavy atom. The van der Waals surface area contributed by atoms with E-state index in [9.17, 15) is 4.79 Å². The van der Waals surface area contributed by atoms with Gasteiger partial charge in [-0.25, -0.2) is 9.48 Å². The number of aromatic nitrogens is 3. The molecular formula is C17H25N3O2. The van der Waals surface area contributed by atoms with Crippen molar-refractivity contribution in [1.82, 2.24) is 15.0 Å². The Kier molecular flexibility index (Phi) is 4.90. The summed E-state index contributed by atoms with van der Waals surface area (Å²) in [5, 5.41) is 8.09. The average Bonchev–Trinajstić information content (AvgIpc) is 2.87. The zero-order valence-electron chi connectivity index (χ0n) is 13.8. The van der Waals surface area contributed by atoms with Gasteiger partial charge in [-0.2, -0.15) is 0 Å². The molecule has 1 aliphatic carbocycles. The molecule has 0 N–H and O–H groups in total. The lowest BCUT2D eigenvalue weighted by atomic mass is 9.84. The van der Waals surface area contributed by atoms with Gasteiger partial charge in [-0.05, 0) is 33.6 Å². The largest absolute Gasteiger partial charge is 0.455 e. The summed E-state index contributed by atoms with van der Waals surface area (Å²) >= 11 is 0. The van der Waals surface area contributed by atoms with E-state index in [1.807, 2.05) is 20.8 Å². The minimum atomic E-state index is -0.551. The lowest BCUT2D eigenvalue weighted by molar-refractivity contribution is 0.00627. The molecule has 120 valence electrons. The lowest BCUT2D eigenvalue weighted by Gasteiger charge is -2.30. The molecule has 0 amide bonds. The van der Waals surface area contributed by atoms with Crippen molar-refractivity contribution in [2.45, 2.75) is 76.9 Å². The Morgan fingerprint density at radius 1 is 1.27 bits per heavy atom. The monoisotopic (exact) mass is 303 g/mol. The molecule has 22 heavy (non-hydrogen) atoms. The Balaban J connectivity index is 2.21. The van der Waals surface area contributed by atoms with E-state index in [0.717, 1.165) is 25.7 Å². The van der Waals surface area contributed by atoms with Gasteiger partial charge >= 0.3 is 5.97 Å². The topological polar surface area (TPSA) is 57.0 Å². The van der Waals surface area contributed by atoms with Crippen LogP contribution in [0.2, 0.25) is 0 Å². The fourth-order valence-corrected chi connectivity index (χ4v) is 2.83. The molecule has 0 saturated heterocycles. The molecule has 2 rings (SSSR count). The first-order chi connectivity index (χ1) is 10.4. The van der Waals surface area contributed by atoms with Gasteiger partial charge in [0.15, 0.2) is 5.69 Å². The third-order valence-corrected chi connectivity index (χ3v) is 3.99. The number of esters is 1. The van der Waals surface area contributed by atoms with Crippen molar-refractivity contribution in [2.24, 2.45) is 0 Å². The molecule has 0 atom stereocenters. The van der Waals surface area contributed by atoms with Gasteiger partial charge in [-0.3, -0.25) is 0 Å². The molecule has 1 aromatic heterocycles. The highest BCUT2D eigenvalue weighted by Crippen LogP contribution is 2.32. The highest BCUT2D eigenvalue weighted by atomic mass is 16.6. The fourth-order valence-electron chi connectivity index (χ4n) is 2.83. The number of hydrogen-bond acceptors (Lipinski definition) is 4. The van der Waals surface area contributed by atoms with Gasteiger partial charge < -0.3 is 4.74 Å². The van der Waals surface area contributed by atoms with Crippen LogP contribution in [0.15, 0.2) is 6.20 Å². The molecule has 0 radical (unpaired) electrons. The van der Waals surface area contributed by atoms with Crippen molar-refractivity contribution in [3.05, 3.63) is 11.9 Å². The van der Waals surface area contributed by atoms with Crippen molar-refractivity contribution < 1.29 is 9.53 Å². The molecule has 1 fully saturated rings. The Bertz CT molecular complexity index is 555. The van der Waals surface area contributed by atoms with Crippen molar-refractivity contribution >= 4 is 5.97 Å². The summed E-state index contributed by atoms with van der Waals surface area (Å²) in [6, 6.07) is 0. The van der Waals surface area contributed by atoms with E-state index in [4.69, 9.17) is 11.2 Å². The van der Waals surface area contributed by atoms with E-state index in [0.29, 0.717) is 0 Å². The molecule has 0 aliphatic heterocycles. The number of hydrogen-bond donors (Lipinski definition) is 0. The van der Waals surface area contributed by atoms with Crippen molar-refractivity contribution in [2.75, 3.05) is 0 Å². The summed E-state index contributed by atoms with van der Waals surface area (Å²) in [5.41, 5.74) is -0.801. The van der Waals surface area contributed by atoms with Crippen molar-refractivity contribution in [3.8, 4) is 12.3 Å². The smallest absolute Gasteiger partial charge is 0.361 e. The highest BCUT2D eigenvalue weighted by molar-refractivity contribution is 5.87. The minimum absolute atomic E-state index is 0.214. The van der Waals surface area contributed by atoms with E-state index < -0.39 is 17.1 Å². The van der Waals surface area contributed by atoms with Crippen LogP contribution in [0.4, 0.5) is 0 Å². The summed E-state index contributed by atoms with van der Waals surface area (Å²) in [6.45, 7) is 5.48. The van der Waals surface area contributed by atoms with Crippen LogP contribution in [0.1, 0.15) is 76.2 Å². The summed E-state index contributed by atoms with van der Waals surface area (Å²) in [4.78, 5) is 12.1. The van der Waals surface area contributed by atoms with Crippen LogP contribution in [0.5, 0.6) is 0 Å². The SMILES string of the molecule is C#CC1(n2cc(C(=O)OC(C)(C)C)nn2)CCCCCCC1. The van der Waals surface area contributed by atoms with E-state index in [2.05, 4.69) is 16.2 Å². The van der Waals surface area contributed by atoms with Crippen LogP contribution in [0, 0.1) is 12.3 Å². The summed E-state index contributed by atoms with van der Waals surface area (Å²) < 4.78 is 7.02. The molecule has 0 spiro atoms. The van der Waals surface area contributed by atoms with Gasteiger partial charge in [0.1, 0.15) is 11.1 Å². The quantitative estimate of drug-likeness (QED) is 0.621. The van der Waals surface area contributed by atoms with Crippen molar-refractivity contribution in [1.29, 1.82) is 0 Å². The van der Waals surface area contributed by atoms with Gasteiger partial charge in [0.05, 0.1) is 6.20 Å². The summed E-state index contributed by atoms with van der Waals surface area (Å²) in [5.74, 6) is 2.45. The number of ether oxygens (including phenoxy) is 1. The van der Waals surface area contributed by atoms with Crippen LogP contribution in [0.3, 0.4) is 0 Å². The van der Waals surface area contributed by atoms with Crippen LogP contribution < -0.4 is 0 Å². The Hall–Kier alpha value is -1.83. The van der Waals surface area contributed by atoms with Gasteiger partial charge in [-0.1, -0.05) is 43.2 Å². The molecule has 0 aromatic carbocycles. The number of terminal acetylenes is 1. The van der Waals surface area contributed by atoms with E-state index in [1.165, 1.54) is 19.3 Å². The molecule has 5 heteroatoms. The third-order valence-electron chi connectivity index (χ3n) is 3.99. The second-order valence-corrected chi connectivity index (χ2v) is 6.99. The van der Waals surface area contributed by atoms with Gasteiger partial charge in [0, 0.05) is 0 Å². The number of carbonyl (C=O) groups is 1. The number of nitrogens with zero attached hydrogens (tertiary/aromatic N) is 3. The van der Waals surface area contributed by atoms with E-state index in [-0.39, 0.29) is 5.69 Å². The second-order valence-electron chi connectivity index (χ2n) is 6.99. The molecule has 1 heterocycles. The standard InChI is InChI=1S/C17H25N3O2/c1-5-17(11-9-7-6-8-10-12-17)20-13-14(18-19-20)15(21)22-16(2,3)4/h1,13H,6-12H2,2-4H3. The van der Waals surface area contributed by atoms with Gasteiger partial charge in [0.25, 0.3) is 0 Å². The molecule has 0 bridgehead atoms. The lowest BCUT2D eigenvalue weighted by Crippen LogP contribution is -2.33. The van der Waals surface area contributed by atoms with Crippen LogP contribution in [-0.2, 0) is 10.3 Å². The summed E-state index contributed by atoms with van der Waals surface area (Å²) in [6.07, 6.45) is 15.0. The zero-order chi connectivity index (χ0) is 16.2. The number of rotatable bonds is 2. The van der Waals surface area contributed by atoms with E-state index in [1.54, 1.807) is 10.9 Å². The maximum Gasteiger partial charge on any atom is 0.361 e. The Morgan fingerprint density at radius 3 is 2.41 bits per heavy atom. The highest BCUT2D eigenvalue weighted by Gasteiger charge is 2.32. The van der Waals surface area contributed by atoms with Crippen LogP contribution in [-0.4, -0.2) is 26.6 Å². The average molecular weight is 303 g/mol.